The van der Waals surface area contributed by atoms with Crippen molar-refractivity contribution in [2.45, 2.75) is 32.9 Å². The van der Waals surface area contributed by atoms with Crippen LogP contribution in [0.1, 0.15) is 40.3 Å². The van der Waals surface area contributed by atoms with Crippen LogP contribution in [0.15, 0.2) is 48.7 Å². The fourth-order valence-electron chi connectivity index (χ4n) is 4.11. The highest BCUT2D eigenvalue weighted by atomic mass is 32.2. The predicted molar refractivity (Wildman–Crippen MR) is 128 cm³/mol. The molecule has 0 amide bonds. The van der Waals surface area contributed by atoms with E-state index < -0.39 is 10.0 Å². The number of sulfonamides is 1. The van der Waals surface area contributed by atoms with E-state index in [1.165, 1.54) is 0 Å². The molecule has 2 atom stereocenters. The smallest absolute Gasteiger partial charge is 0.229 e. The second kappa shape index (κ2) is 7.97. The van der Waals surface area contributed by atoms with Gasteiger partial charge in [0.25, 0.3) is 0 Å². The first-order valence-electron chi connectivity index (χ1n) is 9.89. The molecular weight excluding hydrogens is 430 g/mol. The molecule has 3 heterocycles. The molecule has 9 heteroatoms. The van der Waals surface area contributed by atoms with Crippen LogP contribution >= 0.6 is 12.2 Å². The third-order valence-electron chi connectivity index (χ3n) is 5.39. The van der Waals surface area contributed by atoms with Crippen LogP contribution < -0.4 is 14.9 Å². The van der Waals surface area contributed by atoms with E-state index in [1.807, 2.05) is 44.2 Å². The van der Waals surface area contributed by atoms with E-state index in [0.29, 0.717) is 10.8 Å². The van der Waals surface area contributed by atoms with Crippen molar-refractivity contribution in [3.05, 3.63) is 76.9 Å². The quantitative estimate of drug-likeness (QED) is 0.506. The summed E-state index contributed by atoms with van der Waals surface area (Å²) in [6.07, 6.45) is 2.93. The summed E-state index contributed by atoms with van der Waals surface area (Å²) in [7, 11) is -3.36. The lowest BCUT2D eigenvalue weighted by atomic mass is 9.96. The number of anilines is 2. The Balaban J connectivity index is 1.81. The van der Waals surface area contributed by atoms with Gasteiger partial charge in [0.05, 0.1) is 29.7 Å². The van der Waals surface area contributed by atoms with Gasteiger partial charge in [-0.15, -0.1) is 0 Å². The number of nitrogens with one attached hydrogen (secondary N) is 3. The van der Waals surface area contributed by atoms with Gasteiger partial charge < -0.3 is 15.2 Å². The van der Waals surface area contributed by atoms with Crippen molar-refractivity contribution >= 4 is 38.7 Å². The number of pyridine rings is 1. The number of rotatable bonds is 5. The molecule has 0 aliphatic carbocycles. The van der Waals surface area contributed by atoms with E-state index >= 15 is 0 Å². The van der Waals surface area contributed by atoms with Gasteiger partial charge in [-0.2, -0.15) is 0 Å². The third-order valence-corrected chi connectivity index (χ3v) is 6.30. The second-order valence-electron chi connectivity index (χ2n) is 7.90. The highest BCUT2D eigenvalue weighted by molar-refractivity contribution is 7.92. The lowest BCUT2D eigenvalue weighted by Gasteiger charge is -2.28. The van der Waals surface area contributed by atoms with Crippen molar-refractivity contribution in [2.75, 3.05) is 15.9 Å². The zero-order valence-electron chi connectivity index (χ0n) is 17.8. The number of hydrogen-bond acceptors (Lipinski definition) is 4. The van der Waals surface area contributed by atoms with Crippen LogP contribution in [0, 0.1) is 20.8 Å². The van der Waals surface area contributed by atoms with E-state index in [1.54, 1.807) is 12.3 Å². The van der Waals surface area contributed by atoms with Crippen LogP contribution in [0.4, 0.5) is 11.4 Å². The molecule has 0 radical (unpaired) electrons. The molecule has 0 unspecified atom stereocenters. The molecule has 31 heavy (non-hydrogen) atoms. The van der Waals surface area contributed by atoms with Crippen molar-refractivity contribution in [3.63, 3.8) is 0 Å². The minimum atomic E-state index is -3.36. The van der Waals surface area contributed by atoms with E-state index in [2.05, 4.69) is 37.9 Å². The zero-order valence-corrected chi connectivity index (χ0v) is 19.4. The monoisotopic (exact) mass is 455 g/mol. The first-order valence-corrected chi connectivity index (χ1v) is 12.2. The van der Waals surface area contributed by atoms with Crippen molar-refractivity contribution in [1.29, 1.82) is 0 Å². The number of benzene rings is 1. The van der Waals surface area contributed by atoms with E-state index in [0.717, 1.165) is 40.2 Å². The van der Waals surface area contributed by atoms with Gasteiger partial charge in [-0.25, -0.2) is 8.42 Å². The maximum absolute atomic E-state index is 11.7. The Morgan fingerprint density at radius 2 is 1.90 bits per heavy atom. The normalized spacial score (nSPS) is 18.8. The van der Waals surface area contributed by atoms with Crippen molar-refractivity contribution in [2.24, 2.45) is 0 Å². The number of hydrogen-bond donors (Lipinski definition) is 3. The van der Waals surface area contributed by atoms with Crippen LogP contribution in [0.25, 0.3) is 0 Å². The molecule has 162 valence electrons. The molecule has 7 nitrogen and oxygen atoms in total. The van der Waals surface area contributed by atoms with Crippen molar-refractivity contribution in [3.8, 4) is 0 Å². The highest BCUT2D eigenvalue weighted by Crippen LogP contribution is 2.43. The summed E-state index contributed by atoms with van der Waals surface area (Å²) < 4.78 is 25.9. The van der Waals surface area contributed by atoms with Gasteiger partial charge in [-0.3, -0.25) is 9.71 Å². The van der Waals surface area contributed by atoms with E-state index in [4.69, 9.17) is 12.2 Å². The molecule has 1 saturated heterocycles. The molecule has 0 spiro atoms. The first kappa shape index (κ1) is 21.3. The summed E-state index contributed by atoms with van der Waals surface area (Å²) in [5, 5.41) is 4.04. The van der Waals surface area contributed by atoms with Gasteiger partial charge >= 0.3 is 0 Å². The molecule has 0 saturated carbocycles. The fraction of sp³-hybridized carbons (Fsp3) is 0.273. The Bertz CT molecular complexity index is 1240. The maximum atomic E-state index is 11.7. The Morgan fingerprint density at radius 3 is 2.48 bits per heavy atom. The summed E-state index contributed by atoms with van der Waals surface area (Å²) in [6, 6.07) is 13.4. The molecule has 4 rings (SSSR count). The fourth-order valence-corrected chi connectivity index (χ4v) is 5.09. The molecule has 3 aromatic rings. The van der Waals surface area contributed by atoms with Gasteiger partial charge in [0.2, 0.25) is 10.0 Å². The van der Waals surface area contributed by atoms with Crippen LogP contribution in [-0.2, 0) is 10.0 Å². The van der Waals surface area contributed by atoms with Crippen LogP contribution in [0.3, 0.4) is 0 Å². The maximum Gasteiger partial charge on any atom is 0.229 e. The molecule has 1 aliphatic rings. The van der Waals surface area contributed by atoms with Gasteiger partial charge in [0, 0.05) is 23.3 Å². The lowest BCUT2D eigenvalue weighted by Crippen LogP contribution is -2.29. The molecule has 1 aromatic carbocycles. The van der Waals surface area contributed by atoms with Crippen LogP contribution in [0.2, 0.25) is 0 Å². The first-order chi connectivity index (χ1) is 14.6. The lowest BCUT2D eigenvalue weighted by molar-refractivity contribution is 0.566. The van der Waals surface area contributed by atoms with Gasteiger partial charge in [-0.1, -0.05) is 6.07 Å². The average Bonchev–Trinajstić information content (AvgIpc) is 3.21. The number of aromatic amines is 1. The summed E-state index contributed by atoms with van der Waals surface area (Å²) in [5.74, 6) is 0. The Morgan fingerprint density at radius 1 is 1.13 bits per heavy atom. The number of aromatic nitrogens is 2. The second-order valence-corrected chi connectivity index (χ2v) is 10.0. The standard InChI is InChI=1S/C22H25N5O2S2/c1-13-11-16(8-9-18(13)26-31(4,28)29)27-21(17-12-14(2)24-15(17)3)20(25-22(27)30)19-7-5-6-10-23-19/h5-12,20-21,24,26H,1-4H3,(H,25,30)/t20-,21-/m1/s1. The molecule has 3 N–H and O–H groups in total. The Labute approximate surface area is 188 Å². The largest absolute Gasteiger partial charge is 0.362 e. The Hall–Kier alpha value is -2.91. The summed E-state index contributed by atoms with van der Waals surface area (Å²) in [4.78, 5) is 10.1. The average molecular weight is 456 g/mol. The highest BCUT2D eigenvalue weighted by Gasteiger charge is 2.41. The number of nitrogens with zero attached hydrogens (tertiary/aromatic N) is 2. The van der Waals surface area contributed by atoms with Crippen molar-refractivity contribution < 1.29 is 8.42 Å². The van der Waals surface area contributed by atoms with E-state index in [-0.39, 0.29) is 12.1 Å². The van der Waals surface area contributed by atoms with E-state index in [9.17, 15) is 8.42 Å². The molecular formula is C22H25N5O2S2. The SMILES string of the molecule is Cc1cc([C@@H]2[C@@H](c3ccccn3)NC(=S)N2c2ccc(NS(C)(=O)=O)c(C)c2)c(C)[nH]1. The molecule has 1 aliphatic heterocycles. The number of thiocarbonyl (C=S) groups is 1. The van der Waals surface area contributed by atoms with Gasteiger partial charge in [0.15, 0.2) is 5.11 Å². The molecule has 1 fully saturated rings. The van der Waals surface area contributed by atoms with Gasteiger partial charge in [-0.05, 0) is 80.5 Å². The molecule has 0 bridgehead atoms. The third kappa shape index (κ3) is 4.28. The van der Waals surface area contributed by atoms with Crippen molar-refractivity contribution in [1.82, 2.24) is 15.3 Å². The van der Waals surface area contributed by atoms with Crippen LogP contribution in [0.5, 0.6) is 0 Å². The predicted octanol–water partition coefficient (Wildman–Crippen LogP) is 3.88. The Kier molecular flexibility index (Phi) is 5.49. The number of aryl methyl sites for hydroxylation is 3. The van der Waals surface area contributed by atoms with Gasteiger partial charge in [0.1, 0.15) is 0 Å². The van der Waals surface area contributed by atoms with Crippen LogP contribution in [-0.4, -0.2) is 29.8 Å². The topological polar surface area (TPSA) is 90.1 Å². The summed E-state index contributed by atoms with van der Waals surface area (Å²) in [5.41, 5.74) is 6.44. The minimum Gasteiger partial charge on any atom is -0.362 e. The zero-order chi connectivity index (χ0) is 22.3. The number of H-pyrrole nitrogens is 1. The molecule has 2 aromatic heterocycles. The minimum absolute atomic E-state index is 0.111. The summed E-state index contributed by atoms with van der Waals surface area (Å²) >= 11 is 5.76. The summed E-state index contributed by atoms with van der Waals surface area (Å²) in [6.45, 7) is 5.97.